The van der Waals surface area contributed by atoms with Gasteiger partial charge in [0.05, 0.1) is 0 Å². The van der Waals surface area contributed by atoms with Gasteiger partial charge in [-0.15, -0.1) is 0 Å². The van der Waals surface area contributed by atoms with Crippen LogP contribution >= 0.6 is 0 Å². The van der Waals surface area contributed by atoms with Crippen LogP contribution in [0.4, 0.5) is 14.9 Å². The molecule has 0 bridgehead atoms. The Kier molecular flexibility index (Phi) is 7.86. The molecule has 162 valence electrons. The van der Waals surface area contributed by atoms with Crippen LogP contribution in [-0.4, -0.2) is 41.0 Å². The number of halogens is 1. The Labute approximate surface area is 180 Å². The zero-order valence-corrected chi connectivity index (χ0v) is 18.4. The van der Waals surface area contributed by atoms with Gasteiger partial charge < -0.3 is 15.1 Å². The van der Waals surface area contributed by atoms with Gasteiger partial charge in [-0.05, 0) is 56.4 Å². The summed E-state index contributed by atoms with van der Waals surface area (Å²) >= 11 is 0. The van der Waals surface area contributed by atoms with E-state index in [9.17, 15) is 9.18 Å². The van der Waals surface area contributed by atoms with Crippen LogP contribution in [0.15, 0.2) is 48.5 Å². The minimum atomic E-state index is -0.305. The quantitative estimate of drug-likeness (QED) is 0.623. The lowest BCUT2D eigenvalue weighted by atomic mass is 10.00. The summed E-state index contributed by atoms with van der Waals surface area (Å²) in [6.45, 7) is 8.80. The van der Waals surface area contributed by atoms with Crippen molar-refractivity contribution in [2.45, 2.75) is 65.1 Å². The Morgan fingerprint density at radius 1 is 1.20 bits per heavy atom. The molecule has 0 aliphatic carbocycles. The van der Waals surface area contributed by atoms with Gasteiger partial charge in [-0.25, -0.2) is 9.18 Å². The normalized spacial score (nSPS) is 16.3. The van der Waals surface area contributed by atoms with Gasteiger partial charge in [-0.1, -0.05) is 49.7 Å². The van der Waals surface area contributed by atoms with Gasteiger partial charge in [-0.2, -0.15) is 0 Å². The number of nitrogens with one attached hydrogen (secondary N) is 1. The molecule has 3 rings (SSSR count). The van der Waals surface area contributed by atoms with E-state index in [0.29, 0.717) is 23.8 Å². The molecular weight excluding hydrogens is 377 g/mol. The molecule has 2 aromatic rings. The van der Waals surface area contributed by atoms with Gasteiger partial charge >= 0.3 is 6.03 Å². The third-order valence-electron chi connectivity index (χ3n) is 6.15. The molecule has 1 saturated heterocycles. The smallest absolute Gasteiger partial charge is 0.317 e. The van der Waals surface area contributed by atoms with Gasteiger partial charge in [0.2, 0.25) is 0 Å². The number of carbonyl (C=O) groups is 1. The molecule has 1 unspecified atom stereocenters. The van der Waals surface area contributed by atoms with Crippen molar-refractivity contribution in [1.29, 1.82) is 0 Å². The number of benzene rings is 2. The monoisotopic (exact) mass is 411 g/mol. The first-order valence-electron chi connectivity index (χ1n) is 11.1. The number of rotatable bonds is 7. The highest BCUT2D eigenvalue weighted by molar-refractivity contribution is 5.89. The standard InChI is InChI=1S/C25H34FN3O/c1-4-8-20(3)28-15-13-23(14-16-28)29(18-21-9-6-5-7-10-21)25(30)27-22-12-11-19(2)24(26)17-22/h5-7,9-12,17,20,23H,4,8,13-16,18H2,1-3H3,(H,27,30). The van der Waals surface area contributed by atoms with Crippen molar-refractivity contribution in [2.75, 3.05) is 18.4 Å². The molecule has 1 aliphatic heterocycles. The fourth-order valence-corrected chi connectivity index (χ4v) is 4.25. The van der Waals surface area contributed by atoms with E-state index < -0.39 is 0 Å². The molecule has 1 fully saturated rings. The Balaban J connectivity index is 1.72. The number of likely N-dealkylation sites (tertiary alicyclic amines) is 1. The molecule has 4 nitrogen and oxygen atoms in total. The van der Waals surface area contributed by atoms with Crippen LogP contribution in [0.3, 0.4) is 0 Å². The number of anilines is 1. The van der Waals surface area contributed by atoms with E-state index in [1.807, 2.05) is 35.2 Å². The number of urea groups is 1. The molecule has 0 aromatic heterocycles. The molecule has 0 saturated carbocycles. The summed E-state index contributed by atoms with van der Waals surface area (Å²) in [7, 11) is 0. The highest BCUT2D eigenvalue weighted by Gasteiger charge is 2.29. The highest BCUT2D eigenvalue weighted by Crippen LogP contribution is 2.23. The predicted octanol–water partition coefficient (Wildman–Crippen LogP) is 5.82. The average Bonchev–Trinajstić information content (AvgIpc) is 2.75. The van der Waals surface area contributed by atoms with E-state index >= 15 is 0 Å². The maximum atomic E-state index is 13.9. The lowest BCUT2D eigenvalue weighted by Gasteiger charge is -2.40. The lowest BCUT2D eigenvalue weighted by Crippen LogP contribution is -2.50. The number of hydrogen-bond acceptors (Lipinski definition) is 2. The van der Waals surface area contributed by atoms with Crippen LogP contribution in [0.2, 0.25) is 0 Å². The van der Waals surface area contributed by atoms with E-state index in [2.05, 4.69) is 24.1 Å². The second kappa shape index (κ2) is 10.6. The lowest BCUT2D eigenvalue weighted by molar-refractivity contribution is 0.0989. The molecule has 1 N–H and O–H groups in total. The van der Waals surface area contributed by atoms with E-state index in [1.54, 1.807) is 19.1 Å². The van der Waals surface area contributed by atoms with E-state index in [-0.39, 0.29) is 17.9 Å². The zero-order valence-electron chi connectivity index (χ0n) is 18.4. The Morgan fingerprint density at radius 3 is 2.53 bits per heavy atom. The largest absolute Gasteiger partial charge is 0.322 e. The van der Waals surface area contributed by atoms with Crippen molar-refractivity contribution in [3.05, 3.63) is 65.5 Å². The number of aryl methyl sites for hydroxylation is 1. The van der Waals surface area contributed by atoms with Crippen molar-refractivity contribution in [3.8, 4) is 0 Å². The third kappa shape index (κ3) is 5.82. The van der Waals surface area contributed by atoms with Crippen LogP contribution in [0, 0.1) is 12.7 Å². The molecule has 1 heterocycles. The molecule has 5 heteroatoms. The Hall–Kier alpha value is -2.40. The van der Waals surface area contributed by atoms with Gasteiger partial charge in [0.25, 0.3) is 0 Å². The van der Waals surface area contributed by atoms with Crippen molar-refractivity contribution in [1.82, 2.24) is 9.80 Å². The van der Waals surface area contributed by atoms with Crippen molar-refractivity contribution in [3.63, 3.8) is 0 Å². The molecular formula is C25H34FN3O. The second-order valence-corrected chi connectivity index (χ2v) is 8.41. The summed E-state index contributed by atoms with van der Waals surface area (Å²) in [5.74, 6) is -0.305. The summed E-state index contributed by atoms with van der Waals surface area (Å²) in [6.07, 6.45) is 4.31. The molecule has 2 amide bonds. The summed E-state index contributed by atoms with van der Waals surface area (Å²) in [5.41, 5.74) is 2.17. The van der Waals surface area contributed by atoms with Crippen LogP contribution in [0.25, 0.3) is 0 Å². The van der Waals surface area contributed by atoms with Crippen LogP contribution in [0.1, 0.15) is 50.7 Å². The second-order valence-electron chi connectivity index (χ2n) is 8.41. The Morgan fingerprint density at radius 2 is 1.90 bits per heavy atom. The zero-order chi connectivity index (χ0) is 21.5. The van der Waals surface area contributed by atoms with Crippen molar-refractivity contribution in [2.24, 2.45) is 0 Å². The summed E-state index contributed by atoms with van der Waals surface area (Å²) in [6, 6.07) is 15.5. The van der Waals surface area contributed by atoms with Crippen molar-refractivity contribution < 1.29 is 9.18 Å². The molecule has 2 aromatic carbocycles. The fourth-order valence-electron chi connectivity index (χ4n) is 4.25. The maximum absolute atomic E-state index is 13.9. The first kappa shape index (κ1) is 22.3. The molecule has 1 atom stereocenters. The van der Waals surface area contributed by atoms with E-state index in [4.69, 9.17) is 0 Å². The van der Waals surface area contributed by atoms with Crippen LogP contribution < -0.4 is 5.32 Å². The van der Waals surface area contributed by atoms with Gasteiger partial charge in [0, 0.05) is 37.4 Å². The molecule has 1 aliphatic rings. The summed E-state index contributed by atoms with van der Waals surface area (Å²) in [5, 5.41) is 2.92. The summed E-state index contributed by atoms with van der Waals surface area (Å²) in [4.78, 5) is 17.7. The molecule has 30 heavy (non-hydrogen) atoms. The minimum Gasteiger partial charge on any atom is -0.317 e. The number of piperidine rings is 1. The maximum Gasteiger partial charge on any atom is 0.322 e. The third-order valence-corrected chi connectivity index (χ3v) is 6.15. The Bertz CT molecular complexity index is 818. The van der Waals surface area contributed by atoms with Crippen LogP contribution in [-0.2, 0) is 6.54 Å². The predicted molar refractivity (Wildman–Crippen MR) is 121 cm³/mol. The van der Waals surface area contributed by atoms with E-state index in [0.717, 1.165) is 31.5 Å². The number of amides is 2. The number of carbonyl (C=O) groups excluding carboxylic acids is 1. The number of nitrogens with zero attached hydrogens (tertiary/aromatic N) is 2. The van der Waals surface area contributed by atoms with Gasteiger partial charge in [0.1, 0.15) is 5.82 Å². The highest BCUT2D eigenvalue weighted by atomic mass is 19.1. The SMILES string of the molecule is CCCC(C)N1CCC(N(Cc2ccccc2)C(=O)Nc2ccc(C)c(F)c2)CC1. The molecule has 0 spiro atoms. The average molecular weight is 412 g/mol. The molecule has 0 radical (unpaired) electrons. The fraction of sp³-hybridized carbons (Fsp3) is 0.480. The first-order chi connectivity index (χ1) is 14.5. The van der Waals surface area contributed by atoms with Gasteiger partial charge in [-0.3, -0.25) is 0 Å². The van der Waals surface area contributed by atoms with Crippen LogP contribution in [0.5, 0.6) is 0 Å². The minimum absolute atomic E-state index is 0.165. The van der Waals surface area contributed by atoms with Crippen molar-refractivity contribution >= 4 is 11.7 Å². The topological polar surface area (TPSA) is 35.6 Å². The van der Waals surface area contributed by atoms with E-state index in [1.165, 1.54) is 18.9 Å². The summed E-state index contributed by atoms with van der Waals surface area (Å²) < 4.78 is 13.9. The number of hydrogen-bond donors (Lipinski definition) is 1. The van der Waals surface area contributed by atoms with Gasteiger partial charge in [0.15, 0.2) is 0 Å². The first-order valence-corrected chi connectivity index (χ1v) is 11.1.